The van der Waals surface area contributed by atoms with Gasteiger partial charge in [0.05, 0.1) is 32.0 Å². The number of benzene rings is 1. The molecule has 6 rings (SSSR count). The number of aryl methyl sites for hydroxylation is 2. The molecule has 2 aliphatic rings. The Morgan fingerprint density at radius 1 is 1.21 bits per heavy atom. The molecule has 0 amide bonds. The maximum atomic E-state index is 5.91. The number of nitrogens with zero attached hydrogens (tertiary/aromatic N) is 7. The number of anilines is 3. The average molecular weight is 459 g/mol. The number of ether oxygens (including phenoxy) is 2. The molecule has 10 heteroatoms. The van der Waals surface area contributed by atoms with Crippen LogP contribution in [-0.4, -0.2) is 61.6 Å². The summed E-state index contributed by atoms with van der Waals surface area (Å²) < 4.78 is 13.6. The quantitative estimate of drug-likeness (QED) is 0.466. The van der Waals surface area contributed by atoms with Crippen LogP contribution < -0.4 is 15.0 Å². The van der Waals surface area contributed by atoms with Gasteiger partial charge in [0, 0.05) is 36.3 Å². The third-order valence-corrected chi connectivity index (χ3v) is 6.40. The van der Waals surface area contributed by atoms with Crippen molar-refractivity contribution in [3.63, 3.8) is 0 Å². The highest BCUT2D eigenvalue weighted by atomic mass is 16.5. The topological polar surface area (TPSA) is 103 Å². The third kappa shape index (κ3) is 3.50. The summed E-state index contributed by atoms with van der Waals surface area (Å²) in [5.41, 5.74) is 3.48. The first-order valence-electron chi connectivity index (χ1n) is 11.5. The van der Waals surface area contributed by atoms with Gasteiger partial charge in [0.2, 0.25) is 5.95 Å². The minimum atomic E-state index is 0.0166. The van der Waals surface area contributed by atoms with Crippen molar-refractivity contribution in [2.75, 3.05) is 36.5 Å². The first-order valence-corrected chi connectivity index (χ1v) is 11.5. The van der Waals surface area contributed by atoms with Crippen molar-refractivity contribution in [3.8, 4) is 17.1 Å². The van der Waals surface area contributed by atoms with Gasteiger partial charge in [-0.1, -0.05) is 0 Å². The van der Waals surface area contributed by atoms with Crippen LogP contribution in [-0.2, 0) is 11.8 Å². The van der Waals surface area contributed by atoms with Crippen molar-refractivity contribution < 1.29 is 9.47 Å². The van der Waals surface area contributed by atoms with Crippen LogP contribution in [0.4, 0.5) is 17.5 Å². The molecular formula is C24H26N8O2. The fourth-order valence-electron chi connectivity index (χ4n) is 4.58. The van der Waals surface area contributed by atoms with Crippen LogP contribution in [0.1, 0.15) is 19.0 Å². The lowest BCUT2D eigenvalue weighted by Crippen LogP contribution is -2.68. The fourth-order valence-corrected chi connectivity index (χ4v) is 4.58. The normalized spacial score (nSPS) is 16.4. The Bertz CT molecular complexity index is 1370. The average Bonchev–Trinajstić information content (AvgIpc) is 3.19. The predicted molar refractivity (Wildman–Crippen MR) is 128 cm³/mol. The largest absolute Gasteiger partial charge is 0.492 e. The van der Waals surface area contributed by atoms with Gasteiger partial charge in [0.1, 0.15) is 23.2 Å². The van der Waals surface area contributed by atoms with E-state index in [1.807, 2.05) is 55.9 Å². The van der Waals surface area contributed by atoms with Crippen LogP contribution >= 0.6 is 0 Å². The summed E-state index contributed by atoms with van der Waals surface area (Å²) in [6.45, 7) is 7.03. The van der Waals surface area contributed by atoms with Crippen LogP contribution in [0, 0.1) is 6.92 Å². The second-order valence-corrected chi connectivity index (χ2v) is 8.89. The number of nitrogens with one attached hydrogen (secondary N) is 1. The molecule has 2 saturated heterocycles. The lowest BCUT2D eigenvalue weighted by molar-refractivity contribution is -0.161. The zero-order valence-electron chi connectivity index (χ0n) is 19.4. The Hall–Kier alpha value is -3.79. The standard InChI is InChI=1S/C24H26N8O2/c1-4-33-19-10-16(21-30-26-14-31(21)3)5-6-18(19)28-23-25-11-17-9-15(2)27-22(20(17)29-23)32-12-24(13-32)7-8-34-24/h5-6,9-11,14H,4,7-8,12-13H2,1-3H3,(H,25,28,29). The zero-order valence-corrected chi connectivity index (χ0v) is 19.4. The summed E-state index contributed by atoms with van der Waals surface area (Å²) in [6, 6.07) is 7.89. The number of hydrogen-bond donors (Lipinski definition) is 1. The number of rotatable bonds is 6. The molecule has 5 heterocycles. The summed E-state index contributed by atoms with van der Waals surface area (Å²) in [4.78, 5) is 16.4. The van der Waals surface area contributed by atoms with Crippen molar-refractivity contribution >= 4 is 28.4 Å². The lowest BCUT2D eigenvalue weighted by Gasteiger charge is -2.55. The van der Waals surface area contributed by atoms with Crippen molar-refractivity contribution in [2.24, 2.45) is 7.05 Å². The van der Waals surface area contributed by atoms with Crippen molar-refractivity contribution in [2.45, 2.75) is 25.9 Å². The molecule has 0 bridgehead atoms. The molecule has 1 N–H and O–H groups in total. The van der Waals surface area contributed by atoms with E-state index < -0.39 is 0 Å². The number of fused-ring (bicyclic) bond motifs is 1. The Labute approximate surface area is 197 Å². The summed E-state index contributed by atoms with van der Waals surface area (Å²) in [5, 5.41) is 12.5. The first kappa shape index (κ1) is 20.8. The monoisotopic (exact) mass is 458 g/mol. The van der Waals surface area contributed by atoms with Gasteiger partial charge < -0.3 is 24.3 Å². The van der Waals surface area contributed by atoms with E-state index in [4.69, 9.17) is 19.4 Å². The van der Waals surface area contributed by atoms with E-state index in [1.54, 1.807) is 6.33 Å². The molecule has 3 aromatic heterocycles. The Morgan fingerprint density at radius 3 is 2.76 bits per heavy atom. The minimum absolute atomic E-state index is 0.0166. The van der Waals surface area contributed by atoms with Gasteiger partial charge in [-0.3, -0.25) is 0 Å². The van der Waals surface area contributed by atoms with Crippen molar-refractivity contribution in [3.05, 3.63) is 42.5 Å². The molecule has 4 aromatic rings. The highest BCUT2D eigenvalue weighted by Crippen LogP contribution is 2.40. The smallest absolute Gasteiger partial charge is 0.227 e. The van der Waals surface area contributed by atoms with Gasteiger partial charge in [-0.2, -0.15) is 0 Å². The van der Waals surface area contributed by atoms with Gasteiger partial charge in [-0.15, -0.1) is 10.2 Å². The summed E-state index contributed by atoms with van der Waals surface area (Å²) in [5.74, 6) is 2.83. The molecule has 174 valence electrons. The Kier molecular flexibility index (Phi) is 4.84. The van der Waals surface area contributed by atoms with Gasteiger partial charge in [-0.05, 0) is 38.1 Å². The summed E-state index contributed by atoms with van der Waals surface area (Å²) >= 11 is 0. The van der Waals surface area contributed by atoms with Gasteiger partial charge in [-0.25, -0.2) is 15.0 Å². The molecule has 2 aliphatic heterocycles. The van der Waals surface area contributed by atoms with E-state index in [1.165, 1.54) is 0 Å². The maximum Gasteiger partial charge on any atom is 0.227 e. The molecule has 0 saturated carbocycles. The zero-order chi connectivity index (χ0) is 23.3. The molecule has 0 radical (unpaired) electrons. The van der Waals surface area contributed by atoms with Crippen LogP contribution in [0.3, 0.4) is 0 Å². The van der Waals surface area contributed by atoms with Crippen LogP contribution in [0.15, 0.2) is 36.8 Å². The fraction of sp³-hybridized carbons (Fsp3) is 0.375. The highest BCUT2D eigenvalue weighted by molar-refractivity contribution is 5.90. The predicted octanol–water partition coefficient (Wildman–Crippen LogP) is 3.25. The van der Waals surface area contributed by atoms with E-state index in [2.05, 4.69) is 25.4 Å². The second kappa shape index (κ2) is 7.91. The van der Waals surface area contributed by atoms with Gasteiger partial charge >= 0.3 is 0 Å². The van der Waals surface area contributed by atoms with Crippen LogP contribution in [0.5, 0.6) is 5.75 Å². The van der Waals surface area contributed by atoms with Crippen molar-refractivity contribution in [1.82, 2.24) is 29.7 Å². The SMILES string of the molecule is CCOc1cc(-c2nncn2C)ccc1Nc1ncc2cc(C)nc(N3CC4(CCO4)C3)c2n1. The Balaban J connectivity index is 1.33. The van der Waals surface area contributed by atoms with E-state index >= 15 is 0 Å². The molecule has 1 spiro atoms. The van der Waals surface area contributed by atoms with E-state index in [0.29, 0.717) is 18.3 Å². The summed E-state index contributed by atoms with van der Waals surface area (Å²) in [7, 11) is 1.91. The molecule has 0 unspecified atom stereocenters. The summed E-state index contributed by atoms with van der Waals surface area (Å²) in [6.07, 6.45) is 4.63. The molecule has 34 heavy (non-hydrogen) atoms. The van der Waals surface area contributed by atoms with Crippen LogP contribution in [0.25, 0.3) is 22.3 Å². The van der Waals surface area contributed by atoms with E-state index in [-0.39, 0.29) is 5.60 Å². The molecular weight excluding hydrogens is 432 g/mol. The number of pyridine rings is 1. The number of hydrogen-bond acceptors (Lipinski definition) is 9. The maximum absolute atomic E-state index is 5.91. The molecule has 10 nitrogen and oxygen atoms in total. The lowest BCUT2D eigenvalue weighted by atomic mass is 9.86. The van der Waals surface area contributed by atoms with E-state index in [9.17, 15) is 0 Å². The van der Waals surface area contributed by atoms with Gasteiger partial charge in [0.25, 0.3) is 0 Å². The molecule has 0 aliphatic carbocycles. The molecule has 2 fully saturated rings. The van der Waals surface area contributed by atoms with Crippen molar-refractivity contribution in [1.29, 1.82) is 0 Å². The van der Waals surface area contributed by atoms with E-state index in [0.717, 1.165) is 65.6 Å². The Morgan fingerprint density at radius 2 is 2.06 bits per heavy atom. The molecule has 1 aromatic carbocycles. The first-order chi connectivity index (χ1) is 16.5. The highest BCUT2D eigenvalue weighted by Gasteiger charge is 2.50. The minimum Gasteiger partial charge on any atom is -0.492 e. The molecule has 0 atom stereocenters. The number of aromatic nitrogens is 6. The second-order valence-electron chi connectivity index (χ2n) is 8.89. The van der Waals surface area contributed by atoms with Crippen LogP contribution in [0.2, 0.25) is 0 Å². The van der Waals surface area contributed by atoms with Gasteiger partial charge in [0.15, 0.2) is 11.6 Å². The third-order valence-electron chi connectivity index (χ3n) is 6.40.